The van der Waals surface area contributed by atoms with Crippen molar-refractivity contribution in [1.82, 2.24) is 9.97 Å². The summed E-state index contributed by atoms with van der Waals surface area (Å²) in [5.74, 6) is 1.23. The first-order valence-electron chi connectivity index (χ1n) is 5.24. The largest absolute Gasteiger partial charge is 0.492 e. The fourth-order valence-electron chi connectivity index (χ4n) is 1.54. The summed E-state index contributed by atoms with van der Waals surface area (Å²) in [6.07, 6.45) is 0. The molecule has 1 aliphatic heterocycles. The van der Waals surface area contributed by atoms with Crippen LogP contribution >= 0.6 is 39.5 Å². The summed E-state index contributed by atoms with van der Waals surface area (Å²) < 4.78 is 0.0936. The third-order valence-corrected chi connectivity index (χ3v) is 6.83. The van der Waals surface area contributed by atoms with Crippen molar-refractivity contribution in [3.05, 3.63) is 20.7 Å². The van der Waals surface area contributed by atoms with Gasteiger partial charge in [0.1, 0.15) is 10.3 Å². The van der Waals surface area contributed by atoms with E-state index in [9.17, 15) is 9.90 Å². The van der Waals surface area contributed by atoms with E-state index in [4.69, 9.17) is 0 Å². The molecule has 0 bridgehead atoms. The van der Waals surface area contributed by atoms with E-state index < -0.39 is 0 Å². The molecule has 2 rings (SSSR count). The predicted octanol–water partition coefficient (Wildman–Crippen LogP) is 2.54. The Morgan fingerprint density at radius 3 is 2.76 bits per heavy atom. The standard InChI is InChI=1S/C10H13BrN2O2S2/c1-4-5(2)17-6(3-16-4)8-12-9(14)7(11)10(15)13-8/h4-6H,3H2,1-2H3,(H2,12,13,14,15). The Morgan fingerprint density at radius 2 is 2.18 bits per heavy atom. The molecule has 2 N–H and O–H groups in total. The third-order valence-electron chi connectivity index (χ3n) is 2.72. The van der Waals surface area contributed by atoms with Crippen molar-refractivity contribution in [3.8, 4) is 5.88 Å². The van der Waals surface area contributed by atoms with Crippen molar-refractivity contribution in [3.63, 3.8) is 0 Å². The highest BCUT2D eigenvalue weighted by molar-refractivity contribution is 9.10. The number of H-pyrrole nitrogens is 1. The molecule has 1 aromatic rings. The molecule has 1 aliphatic rings. The van der Waals surface area contributed by atoms with Crippen molar-refractivity contribution in [2.75, 3.05) is 5.75 Å². The van der Waals surface area contributed by atoms with Gasteiger partial charge < -0.3 is 10.1 Å². The van der Waals surface area contributed by atoms with E-state index in [2.05, 4.69) is 39.7 Å². The SMILES string of the molecule is CC1SCC(c2nc(O)c(Br)c(=O)[nH]2)SC1C. The van der Waals surface area contributed by atoms with Crippen molar-refractivity contribution < 1.29 is 5.11 Å². The summed E-state index contributed by atoms with van der Waals surface area (Å²) >= 11 is 6.65. The molecule has 0 amide bonds. The molecule has 0 aromatic carbocycles. The smallest absolute Gasteiger partial charge is 0.269 e. The van der Waals surface area contributed by atoms with Gasteiger partial charge in [-0.1, -0.05) is 13.8 Å². The van der Waals surface area contributed by atoms with E-state index in [1.807, 2.05) is 11.8 Å². The van der Waals surface area contributed by atoms with E-state index in [1.54, 1.807) is 11.8 Å². The maximum Gasteiger partial charge on any atom is 0.269 e. The molecule has 0 spiro atoms. The van der Waals surface area contributed by atoms with Gasteiger partial charge in [-0.25, -0.2) is 0 Å². The summed E-state index contributed by atoms with van der Waals surface area (Å²) in [6, 6.07) is 0. The maximum absolute atomic E-state index is 11.5. The first-order valence-corrected chi connectivity index (χ1v) is 8.03. The lowest BCUT2D eigenvalue weighted by Crippen LogP contribution is -2.24. The highest BCUT2D eigenvalue weighted by Crippen LogP contribution is 2.43. The number of hydrogen-bond acceptors (Lipinski definition) is 5. The Labute approximate surface area is 116 Å². The zero-order chi connectivity index (χ0) is 12.6. The minimum absolute atomic E-state index is 0.0936. The fourth-order valence-corrected chi connectivity index (χ4v) is 4.60. The number of rotatable bonds is 1. The van der Waals surface area contributed by atoms with Gasteiger partial charge in [-0.15, -0.1) is 11.8 Å². The minimum atomic E-state index is -0.329. The maximum atomic E-state index is 11.5. The van der Waals surface area contributed by atoms with Gasteiger partial charge in [-0.2, -0.15) is 16.7 Å². The van der Waals surface area contributed by atoms with Gasteiger partial charge in [0.05, 0.1) is 5.25 Å². The topological polar surface area (TPSA) is 66.0 Å². The molecule has 17 heavy (non-hydrogen) atoms. The Morgan fingerprint density at radius 1 is 1.47 bits per heavy atom. The first kappa shape index (κ1) is 13.3. The number of nitrogens with zero attached hydrogens (tertiary/aromatic N) is 1. The molecule has 1 saturated heterocycles. The predicted molar refractivity (Wildman–Crippen MR) is 75.9 cm³/mol. The third kappa shape index (κ3) is 2.82. The van der Waals surface area contributed by atoms with Crippen molar-refractivity contribution in [2.45, 2.75) is 29.6 Å². The van der Waals surface area contributed by atoms with Crippen molar-refractivity contribution in [2.24, 2.45) is 0 Å². The summed E-state index contributed by atoms with van der Waals surface area (Å²) in [6.45, 7) is 4.37. The van der Waals surface area contributed by atoms with Crippen LogP contribution in [0.5, 0.6) is 5.88 Å². The molecule has 94 valence electrons. The van der Waals surface area contributed by atoms with Crippen LogP contribution in [0.4, 0.5) is 0 Å². The van der Waals surface area contributed by atoms with Crippen LogP contribution in [0.15, 0.2) is 9.27 Å². The van der Waals surface area contributed by atoms with Crippen LogP contribution < -0.4 is 5.56 Å². The summed E-state index contributed by atoms with van der Waals surface area (Å²) in [5.41, 5.74) is -0.329. The van der Waals surface area contributed by atoms with Crippen LogP contribution in [0.25, 0.3) is 0 Å². The highest BCUT2D eigenvalue weighted by atomic mass is 79.9. The zero-order valence-electron chi connectivity index (χ0n) is 9.44. The van der Waals surface area contributed by atoms with Crippen molar-refractivity contribution >= 4 is 39.5 Å². The molecule has 7 heteroatoms. The van der Waals surface area contributed by atoms with E-state index in [1.165, 1.54) is 0 Å². The number of aromatic nitrogens is 2. The number of thioether (sulfide) groups is 2. The normalized spacial score (nSPS) is 29.2. The van der Waals surface area contributed by atoms with Crippen LogP contribution in [0.2, 0.25) is 0 Å². The number of aromatic amines is 1. The monoisotopic (exact) mass is 336 g/mol. The summed E-state index contributed by atoms with van der Waals surface area (Å²) in [5, 5.41) is 10.8. The van der Waals surface area contributed by atoms with Gasteiger partial charge >= 0.3 is 0 Å². The van der Waals surface area contributed by atoms with Gasteiger partial charge in [0.25, 0.3) is 5.56 Å². The first-order chi connectivity index (χ1) is 7.99. The van der Waals surface area contributed by atoms with Gasteiger partial charge in [-0.05, 0) is 15.9 Å². The molecule has 2 heterocycles. The Bertz CT molecular complexity index is 480. The molecule has 0 aliphatic carbocycles. The molecular formula is C10H13BrN2O2S2. The van der Waals surface area contributed by atoms with Gasteiger partial charge in [0, 0.05) is 16.3 Å². The second-order valence-electron chi connectivity index (χ2n) is 3.96. The molecule has 3 atom stereocenters. The molecule has 0 radical (unpaired) electrons. The quantitative estimate of drug-likeness (QED) is 0.824. The zero-order valence-corrected chi connectivity index (χ0v) is 12.7. The van der Waals surface area contributed by atoms with E-state index in [-0.39, 0.29) is 21.2 Å². The van der Waals surface area contributed by atoms with Crippen LogP contribution in [0, 0.1) is 0 Å². The van der Waals surface area contributed by atoms with Gasteiger partial charge in [0.15, 0.2) is 0 Å². The molecule has 1 fully saturated rings. The number of aromatic hydroxyl groups is 1. The molecular weight excluding hydrogens is 324 g/mol. The lowest BCUT2D eigenvalue weighted by atomic mass is 10.3. The second kappa shape index (κ2) is 5.24. The number of hydrogen-bond donors (Lipinski definition) is 2. The molecule has 1 aromatic heterocycles. The number of nitrogens with one attached hydrogen (secondary N) is 1. The second-order valence-corrected chi connectivity index (χ2v) is 7.75. The molecule has 0 saturated carbocycles. The average molecular weight is 337 g/mol. The Kier molecular flexibility index (Phi) is 4.10. The van der Waals surface area contributed by atoms with Crippen molar-refractivity contribution in [1.29, 1.82) is 0 Å². The fraction of sp³-hybridized carbons (Fsp3) is 0.600. The van der Waals surface area contributed by atoms with Crippen LogP contribution in [-0.4, -0.2) is 31.3 Å². The summed E-state index contributed by atoms with van der Waals surface area (Å²) in [4.78, 5) is 18.3. The summed E-state index contributed by atoms with van der Waals surface area (Å²) in [7, 11) is 0. The van der Waals surface area contributed by atoms with E-state index in [0.717, 1.165) is 5.75 Å². The van der Waals surface area contributed by atoms with Crippen LogP contribution in [-0.2, 0) is 0 Å². The minimum Gasteiger partial charge on any atom is -0.492 e. The van der Waals surface area contributed by atoms with E-state index in [0.29, 0.717) is 16.3 Å². The average Bonchev–Trinajstić information content (AvgIpc) is 2.29. The molecule has 3 unspecified atom stereocenters. The number of halogens is 1. The van der Waals surface area contributed by atoms with Gasteiger partial charge in [-0.3, -0.25) is 4.79 Å². The van der Waals surface area contributed by atoms with Crippen LogP contribution in [0.3, 0.4) is 0 Å². The lowest BCUT2D eigenvalue weighted by Gasteiger charge is -2.30. The van der Waals surface area contributed by atoms with E-state index >= 15 is 0 Å². The Hall–Kier alpha value is -0.140. The van der Waals surface area contributed by atoms with Crippen LogP contribution in [0.1, 0.15) is 24.9 Å². The molecule has 4 nitrogen and oxygen atoms in total. The van der Waals surface area contributed by atoms with Gasteiger partial charge in [0.2, 0.25) is 5.88 Å². The lowest BCUT2D eigenvalue weighted by molar-refractivity contribution is 0.443. The highest BCUT2D eigenvalue weighted by Gasteiger charge is 2.28. The Balaban J connectivity index is 2.26.